The van der Waals surface area contributed by atoms with E-state index in [9.17, 15) is 4.39 Å². The first-order valence-corrected chi connectivity index (χ1v) is 8.85. The number of fused-ring (bicyclic) bond motifs is 3. The molecule has 0 N–H and O–H groups in total. The van der Waals surface area contributed by atoms with Crippen LogP contribution in [0.1, 0.15) is 36.5 Å². The standard InChI is InChI=1S/C22H22FN2O/c1-12(2)15-8-9-25(5)17(11-15)20-13(3)6-7-16-19-14(4)10-18(23)24-22(19)26-21(16)20/h6-12H,1-5H3/q+1. The molecule has 3 nitrogen and oxygen atoms in total. The van der Waals surface area contributed by atoms with E-state index in [-0.39, 0.29) is 0 Å². The van der Waals surface area contributed by atoms with Crippen molar-refractivity contribution in [2.45, 2.75) is 33.6 Å². The van der Waals surface area contributed by atoms with Crippen LogP contribution in [0, 0.1) is 19.8 Å². The Morgan fingerprint density at radius 2 is 1.85 bits per heavy atom. The monoisotopic (exact) mass is 349 g/mol. The van der Waals surface area contributed by atoms with Crippen molar-refractivity contribution in [1.29, 1.82) is 0 Å². The van der Waals surface area contributed by atoms with Gasteiger partial charge in [-0.05, 0) is 42.5 Å². The lowest BCUT2D eigenvalue weighted by Crippen LogP contribution is -2.31. The van der Waals surface area contributed by atoms with Crippen LogP contribution in [0.3, 0.4) is 0 Å². The van der Waals surface area contributed by atoms with Gasteiger partial charge in [-0.25, -0.2) is 4.57 Å². The lowest BCUT2D eigenvalue weighted by Gasteiger charge is -2.09. The number of hydrogen-bond acceptors (Lipinski definition) is 2. The van der Waals surface area contributed by atoms with Crippen molar-refractivity contribution in [3.8, 4) is 11.3 Å². The molecule has 4 aromatic rings. The van der Waals surface area contributed by atoms with E-state index < -0.39 is 5.95 Å². The highest BCUT2D eigenvalue weighted by molar-refractivity contribution is 6.10. The largest absolute Gasteiger partial charge is 0.437 e. The van der Waals surface area contributed by atoms with Gasteiger partial charge in [-0.3, -0.25) is 0 Å². The third kappa shape index (κ3) is 2.48. The Hall–Kier alpha value is -2.75. The number of aryl methyl sites for hydroxylation is 3. The van der Waals surface area contributed by atoms with Crippen molar-refractivity contribution in [3.05, 3.63) is 59.2 Å². The topological polar surface area (TPSA) is 29.9 Å². The van der Waals surface area contributed by atoms with Gasteiger partial charge in [0.1, 0.15) is 7.05 Å². The molecule has 132 valence electrons. The molecule has 4 heteroatoms. The van der Waals surface area contributed by atoms with Gasteiger partial charge >= 0.3 is 0 Å². The summed E-state index contributed by atoms with van der Waals surface area (Å²) in [7, 11) is 2.03. The van der Waals surface area contributed by atoms with E-state index in [1.807, 2.05) is 20.0 Å². The van der Waals surface area contributed by atoms with Gasteiger partial charge in [-0.1, -0.05) is 26.0 Å². The molecule has 4 rings (SSSR count). The number of pyridine rings is 2. The molecule has 0 fully saturated rings. The lowest BCUT2D eigenvalue weighted by atomic mass is 9.97. The number of nitrogens with zero attached hydrogens (tertiary/aromatic N) is 2. The summed E-state index contributed by atoms with van der Waals surface area (Å²) in [6.45, 7) is 8.33. The first kappa shape index (κ1) is 16.7. The van der Waals surface area contributed by atoms with Gasteiger partial charge in [0.2, 0.25) is 17.4 Å². The lowest BCUT2D eigenvalue weighted by molar-refractivity contribution is -0.660. The fourth-order valence-electron chi connectivity index (χ4n) is 3.60. The predicted octanol–water partition coefficient (Wildman–Crippen LogP) is 5.35. The van der Waals surface area contributed by atoms with E-state index in [0.29, 0.717) is 11.6 Å². The van der Waals surface area contributed by atoms with E-state index in [1.54, 1.807) is 0 Å². The van der Waals surface area contributed by atoms with E-state index in [4.69, 9.17) is 4.42 Å². The smallest absolute Gasteiger partial charge is 0.230 e. The summed E-state index contributed by atoms with van der Waals surface area (Å²) >= 11 is 0. The molecular weight excluding hydrogens is 327 g/mol. The number of aromatic nitrogens is 2. The Balaban J connectivity index is 2.12. The SMILES string of the molecule is Cc1ccc2c(oc3nc(F)cc(C)c32)c1-c1cc(C(C)C)cc[n+]1C. The molecule has 0 spiro atoms. The van der Waals surface area contributed by atoms with E-state index >= 15 is 0 Å². The molecule has 0 unspecified atom stereocenters. The van der Waals surface area contributed by atoms with Crippen LogP contribution in [-0.2, 0) is 7.05 Å². The third-order valence-corrected chi connectivity index (χ3v) is 5.08. The van der Waals surface area contributed by atoms with E-state index in [1.165, 1.54) is 11.6 Å². The van der Waals surface area contributed by atoms with Crippen molar-refractivity contribution < 1.29 is 13.4 Å². The third-order valence-electron chi connectivity index (χ3n) is 5.08. The Morgan fingerprint density at radius 1 is 1.08 bits per heavy atom. The Morgan fingerprint density at radius 3 is 2.58 bits per heavy atom. The molecule has 0 bridgehead atoms. The summed E-state index contributed by atoms with van der Waals surface area (Å²) in [5, 5.41) is 1.85. The molecule has 1 aromatic carbocycles. The van der Waals surface area contributed by atoms with Crippen LogP contribution in [-0.4, -0.2) is 4.98 Å². The summed E-state index contributed by atoms with van der Waals surface area (Å²) in [5.74, 6) is -0.0807. The highest BCUT2D eigenvalue weighted by Gasteiger charge is 2.22. The van der Waals surface area contributed by atoms with Gasteiger partial charge < -0.3 is 4.42 Å². The molecule has 0 saturated carbocycles. The number of hydrogen-bond donors (Lipinski definition) is 0. The van der Waals surface area contributed by atoms with Crippen LogP contribution < -0.4 is 4.57 Å². The molecular formula is C22H22FN2O+. The Labute approximate surface area is 152 Å². The Bertz CT molecular complexity index is 1160. The molecule has 0 radical (unpaired) electrons. The predicted molar refractivity (Wildman–Crippen MR) is 102 cm³/mol. The summed E-state index contributed by atoms with van der Waals surface area (Å²) in [5.41, 5.74) is 6.45. The number of halogens is 1. The summed E-state index contributed by atoms with van der Waals surface area (Å²) < 4.78 is 21.9. The average Bonchev–Trinajstić information content (AvgIpc) is 2.93. The van der Waals surface area contributed by atoms with Crippen LogP contribution in [0.15, 0.2) is 40.9 Å². The Kier molecular flexibility index (Phi) is 3.79. The van der Waals surface area contributed by atoms with Crippen LogP contribution in [0.25, 0.3) is 33.3 Å². The van der Waals surface area contributed by atoms with Crippen molar-refractivity contribution in [2.75, 3.05) is 0 Å². The molecule has 0 amide bonds. The maximum absolute atomic E-state index is 13.8. The minimum Gasteiger partial charge on any atom is -0.437 e. The zero-order chi connectivity index (χ0) is 18.6. The van der Waals surface area contributed by atoms with Gasteiger partial charge in [0.05, 0.1) is 10.9 Å². The minimum absolute atomic E-state index is 0.354. The summed E-state index contributed by atoms with van der Waals surface area (Å²) in [6, 6.07) is 9.94. The van der Waals surface area contributed by atoms with Crippen molar-refractivity contribution >= 4 is 22.1 Å². The van der Waals surface area contributed by atoms with Crippen LogP contribution in [0.5, 0.6) is 0 Å². The zero-order valence-corrected chi connectivity index (χ0v) is 15.7. The second-order valence-electron chi connectivity index (χ2n) is 7.29. The van der Waals surface area contributed by atoms with E-state index in [2.05, 4.69) is 54.7 Å². The highest BCUT2D eigenvalue weighted by Crippen LogP contribution is 2.38. The average molecular weight is 349 g/mol. The molecule has 0 atom stereocenters. The summed E-state index contributed by atoms with van der Waals surface area (Å²) in [6.07, 6.45) is 2.08. The molecule has 0 aliphatic carbocycles. The normalized spacial score (nSPS) is 11.8. The zero-order valence-electron chi connectivity index (χ0n) is 15.7. The van der Waals surface area contributed by atoms with Crippen molar-refractivity contribution in [3.63, 3.8) is 0 Å². The van der Waals surface area contributed by atoms with Crippen LogP contribution in [0.2, 0.25) is 0 Å². The van der Waals surface area contributed by atoms with Gasteiger partial charge in [0, 0.05) is 17.5 Å². The number of benzene rings is 1. The van der Waals surface area contributed by atoms with E-state index in [0.717, 1.165) is 38.7 Å². The van der Waals surface area contributed by atoms with Gasteiger partial charge in [-0.2, -0.15) is 9.37 Å². The van der Waals surface area contributed by atoms with Crippen molar-refractivity contribution in [2.24, 2.45) is 7.05 Å². The fourth-order valence-corrected chi connectivity index (χ4v) is 3.60. The highest BCUT2D eigenvalue weighted by atomic mass is 19.1. The number of furan rings is 1. The summed E-state index contributed by atoms with van der Waals surface area (Å²) in [4.78, 5) is 3.97. The van der Waals surface area contributed by atoms with Gasteiger partial charge in [0.15, 0.2) is 11.8 Å². The second-order valence-corrected chi connectivity index (χ2v) is 7.29. The first-order chi connectivity index (χ1) is 12.4. The molecule has 3 aromatic heterocycles. The van der Waals surface area contributed by atoms with Crippen LogP contribution in [0.4, 0.5) is 4.39 Å². The van der Waals surface area contributed by atoms with Crippen LogP contribution >= 0.6 is 0 Å². The quantitative estimate of drug-likeness (QED) is 0.360. The fraction of sp³-hybridized carbons (Fsp3) is 0.273. The maximum Gasteiger partial charge on any atom is 0.230 e. The van der Waals surface area contributed by atoms with Gasteiger partial charge in [0.25, 0.3) is 0 Å². The second kappa shape index (κ2) is 5.90. The molecule has 0 aliphatic heterocycles. The molecule has 26 heavy (non-hydrogen) atoms. The van der Waals surface area contributed by atoms with Gasteiger partial charge in [-0.15, -0.1) is 0 Å². The molecule has 3 heterocycles. The minimum atomic E-state index is -0.514. The number of rotatable bonds is 2. The first-order valence-electron chi connectivity index (χ1n) is 8.85. The molecule has 0 saturated heterocycles. The molecule has 0 aliphatic rings. The van der Waals surface area contributed by atoms with Crippen molar-refractivity contribution in [1.82, 2.24) is 4.98 Å². The maximum atomic E-state index is 13.8.